The summed E-state index contributed by atoms with van der Waals surface area (Å²) in [6, 6.07) is 13.9. The quantitative estimate of drug-likeness (QED) is 0.475. The molecule has 2 rings (SSSR count). The zero-order valence-corrected chi connectivity index (χ0v) is 13.3. The number of carbonyl (C=O) groups is 1. The number of nitrogens with one attached hydrogen (secondary N) is 1. The van der Waals surface area contributed by atoms with Crippen molar-refractivity contribution in [1.82, 2.24) is 0 Å². The van der Waals surface area contributed by atoms with Gasteiger partial charge in [-0.2, -0.15) is 0 Å². The van der Waals surface area contributed by atoms with Gasteiger partial charge in [-0.05, 0) is 18.2 Å². The minimum atomic E-state index is -0.509. The van der Waals surface area contributed by atoms with Crippen molar-refractivity contribution >= 4 is 29.0 Å². The number of nitro benzene ring substituents is 1. The van der Waals surface area contributed by atoms with E-state index in [-0.39, 0.29) is 17.3 Å². The molecule has 120 valence electrons. The highest BCUT2D eigenvalue weighted by Gasteiger charge is 2.13. The number of methoxy groups -OCH3 is 1. The van der Waals surface area contributed by atoms with Crippen molar-refractivity contribution in [3.8, 4) is 5.75 Å². The molecule has 0 fully saturated rings. The van der Waals surface area contributed by atoms with Gasteiger partial charge in [0.2, 0.25) is 5.91 Å². The van der Waals surface area contributed by atoms with Gasteiger partial charge in [-0.25, -0.2) is 0 Å². The van der Waals surface area contributed by atoms with Crippen LogP contribution in [0, 0.1) is 10.1 Å². The minimum Gasteiger partial charge on any atom is -0.494 e. The van der Waals surface area contributed by atoms with Gasteiger partial charge in [0, 0.05) is 23.1 Å². The predicted octanol–water partition coefficient (Wildman–Crippen LogP) is 3.72. The molecule has 2 aromatic carbocycles. The molecule has 7 heteroatoms. The summed E-state index contributed by atoms with van der Waals surface area (Å²) in [7, 11) is 1.40. The molecular weight excluding hydrogens is 316 g/mol. The van der Waals surface area contributed by atoms with E-state index in [4.69, 9.17) is 4.74 Å². The van der Waals surface area contributed by atoms with Crippen LogP contribution in [0.2, 0.25) is 0 Å². The molecule has 0 saturated heterocycles. The molecule has 2 aromatic rings. The van der Waals surface area contributed by atoms with E-state index in [0.29, 0.717) is 17.9 Å². The van der Waals surface area contributed by atoms with E-state index in [0.717, 1.165) is 4.90 Å². The lowest BCUT2D eigenvalue weighted by Crippen LogP contribution is -2.13. The fraction of sp³-hybridized carbons (Fsp3) is 0.188. The lowest BCUT2D eigenvalue weighted by atomic mass is 10.2. The van der Waals surface area contributed by atoms with Crippen LogP contribution in [0.4, 0.5) is 11.4 Å². The Kier molecular flexibility index (Phi) is 5.99. The third kappa shape index (κ3) is 5.00. The fourth-order valence-electron chi connectivity index (χ4n) is 1.89. The molecule has 23 heavy (non-hydrogen) atoms. The summed E-state index contributed by atoms with van der Waals surface area (Å²) in [6.45, 7) is 0. The van der Waals surface area contributed by atoms with E-state index in [9.17, 15) is 14.9 Å². The number of anilines is 1. The number of ether oxygens (including phenoxy) is 1. The summed E-state index contributed by atoms with van der Waals surface area (Å²) in [4.78, 5) is 23.3. The number of carbonyl (C=O) groups excluding carboxylic acids is 1. The molecule has 0 aliphatic rings. The summed E-state index contributed by atoms with van der Waals surface area (Å²) >= 11 is 1.59. The van der Waals surface area contributed by atoms with E-state index >= 15 is 0 Å². The Labute approximate surface area is 138 Å². The zero-order chi connectivity index (χ0) is 16.7. The second-order valence-corrected chi connectivity index (χ2v) is 5.77. The van der Waals surface area contributed by atoms with Gasteiger partial charge in [0.25, 0.3) is 5.69 Å². The first-order valence-corrected chi connectivity index (χ1v) is 7.89. The largest absolute Gasteiger partial charge is 0.494 e. The van der Waals surface area contributed by atoms with Crippen molar-refractivity contribution in [3.63, 3.8) is 0 Å². The van der Waals surface area contributed by atoms with E-state index in [1.165, 1.54) is 25.3 Å². The topological polar surface area (TPSA) is 81.5 Å². The van der Waals surface area contributed by atoms with Crippen LogP contribution in [0.1, 0.15) is 6.42 Å². The number of hydrogen-bond donors (Lipinski definition) is 1. The van der Waals surface area contributed by atoms with Gasteiger partial charge in [-0.1, -0.05) is 18.2 Å². The summed E-state index contributed by atoms with van der Waals surface area (Å²) in [6.07, 6.45) is 0.333. The monoisotopic (exact) mass is 332 g/mol. The normalized spacial score (nSPS) is 10.1. The summed E-state index contributed by atoms with van der Waals surface area (Å²) in [5, 5.41) is 13.5. The van der Waals surface area contributed by atoms with Gasteiger partial charge in [0.05, 0.1) is 23.8 Å². The summed E-state index contributed by atoms with van der Waals surface area (Å²) in [5.41, 5.74) is 0.340. The Bertz CT molecular complexity index is 692. The van der Waals surface area contributed by atoms with Crippen LogP contribution >= 0.6 is 11.8 Å². The average Bonchev–Trinajstić information content (AvgIpc) is 2.56. The maximum absolute atomic E-state index is 12.0. The summed E-state index contributed by atoms with van der Waals surface area (Å²) < 4.78 is 5.09. The number of thioether (sulfide) groups is 1. The number of non-ortho nitro benzene ring substituents is 1. The highest BCUT2D eigenvalue weighted by molar-refractivity contribution is 7.99. The average molecular weight is 332 g/mol. The number of nitrogens with zero attached hydrogens (tertiary/aromatic N) is 1. The van der Waals surface area contributed by atoms with Crippen molar-refractivity contribution in [2.45, 2.75) is 11.3 Å². The van der Waals surface area contributed by atoms with Crippen LogP contribution in [0.15, 0.2) is 53.4 Å². The molecule has 0 aliphatic carbocycles. The molecule has 0 radical (unpaired) electrons. The predicted molar refractivity (Wildman–Crippen MR) is 90.1 cm³/mol. The SMILES string of the molecule is COc1cc([N+](=O)[O-])ccc1NC(=O)CCSc1ccccc1. The fourth-order valence-corrected chi connectivity index (χ4v) is 2.76. The second kappa shape index (κ2) is 8.19. The minimum absolute atomic E-state index is 0.0838. The van der Waals surface area contributed by atoms with Crippen LogP contribution in [0.5, 0.6) is 5.75 Å². The van der Waals surface area contributed by atoms with Crippen molar-refractivity contribution in [1.29, 1.82) is 0 Å². The number of benzene rings is 2. The van der Waals surface area contributed by atoms with Gasteiger partial charge in [0.1, 0.15) is 5.75 Å². The van der Waals surface area contributed by atoms with Gasteiger partial charge >= 0.3 is 0 Å². The van der Waals surface area contributed by atoms with E-state index in [1.807, 2.05) is 30.3 Å². The molecular formula is C16H16N2O4S. The molecule has 1 amide bonds. The molecule has 0 aliphatic heterocycles. The van der Waals surface area contributed by atoms with Crippen molar-refractivity contribution in [2.24, 2.45) is 0 Å². The third-order valence-corrected chi connectivity index (χ3v) is 4.02. The molecule has 0 bridgehead atoms. The van der Waals surface area contributed by atoms with Crippen molar-refractivity contribution < 1.29 is 14.5 Å². The van der Waals surface area contributed by atoms with Crippen LogP contribution < -0.4 is 10.1 Å². The van der Waals surface area contributed by atoms with Gasteiger partial charge in [-0.15, -0.1) is 11.8 Å². The standard InChI is InChI=1S/C16H16N2O4S/c1-22-15-11-12(18(20)21)7-8-14(15)17-16(19)9-10-23-13-5-3-2-4-6-13/h2-8,11H,9-10H2,1H3,(H,17,19). The lowest BCUT2D eigenvalue weighted by Gasteiger charge is -2.10. The number of nitro groups is 1. The third-order valence-electron chi connectivity index (χ3n) is 3.01. The first-order chi connectivity index (χ1) is 11.1. The molecule has 0 atom stereocenters. The number of rotatable bonds is 7. The maximum Gasteiger partial charge on any atom is 0.273 e. The highest BCUT2D eigenvalue weighted by atomic mass is 32.2. The zero-order valence-electron chi connectivity index (χ0n) is 12.5. The Morgan fingerprint density at radius 2 is 2.00 bits per heavy atom. The molecule has 0 saturated carbocycles. The Morgan fingerprint density at radius 1 is 1.26 bits per heavy atom. The maximum atomic E-state index is 12.0. The van der Waals surface area contributed by atoms with Crippen LogP contribution in [0.3, 0.4) is 0 Å². The Morgan fingerprint density at radius 3 is 2.65 bits per heavy atom. The summed E-state index contributed by atoms with van der Waals surface area (Å²) in [5.74, 6) is 0.745. The van der Waals surface area contributed by atoms with Crippen LogP contribution in [0.25, 0.3) is 0 Å². The second-order valence-electron chi connectivity index (χ2n) is 4.60. The Balaban J connectivity index is 1.91. The molecule has 6 nitrogen and oxygen atoms in total. The molecule has 0 aromatic heterocycles. The first kappa shape index (κ1) is 16.8. The van der Waals surface area contributed by atoms with Crippen molar-refractivity contribution in [2.75, 3.05) is 18.2 Å². The lowest BCUT2D eigenvalue weighted by molar-refractivity contribution is -0.384. The van der Waals surface area contributed by atoms with E-state index < -0.39 is 4.92 Å². The number of hydrogen-bond acceptors (Lipinski definition) is 5. The van der Waals surface area contributed by atoms with Gasteiger partial charge in [-0.3, -0.25) is 14.9 Å². The molecule has 0 heterocycles. The number of amides is 1. The van der Waals surface area contributed by atoms with E-state index in [1.54, 1.807) is 11.8 Å². The first-order valence-electron chi connectivity index (χ1n) is 6.90. The van der Waals surface area contributed by atoms with Crippen LogP contribution in [-0.2, 0) is 4.79 Å². The smallest absolute Gasteiger partial charge is 0.273 e. The molecule has 0 unspecified atom stereocenters. The van der Waals surface area contributed by atoms with Crippen LogP contribution in [-0.4, -0.2) is 23.7 Å². The van der Waals surface area contributed by atoms with Gasteiger partial charge in [0.15, 0.2) is 0 Å². The molecule has 1 N–H and O–H groups in total. The van der Waals surface area contributed by atoms with Gasteiger partial charge < -0.3 is 10.1 Å². The van der Waals surface area contributed by atoms with Crippen molar-refractivity contribution in [3.05, 3.63) is 58.6 Å². The molecule has 0 spiro atoms. The van der Waals surface area contributed by atoms with E-state index in [2.05, 4.69) is 5.32 Å². The highest BCUT2D eigenvalue weighted by Crippen LogP contribution is 2.29. The Hall–Kier alpha value is -2.54.